The van der Waals surface area contributed by atoms with E-state index in [1.807, 2.05) is 0 Å². The first-order valence-corrected chi connectivity index (χ1v) is 2.88. The average molecular weight is 159 g/mol. The SMILES string of the molecule is Cn1c(C(=O)O)n[nH]c1=S. The number of H-pyrrole nitrogens is 1. The molecular weight excluding hydrogens is 154 g/mol. The van der Waals surface area contributed by atoms with Crippen LogP contribution in [0.4, 0.5) is 0 Å². The van der Waals surface area contributed by atoms with Crippen molar-refractivity contribution in [1.29, 1.82) is 0 Å². The van der Waals surface area contributed by atoms with E-state index in [9.17, 15) is 4.79 Å². The Morgan fingerprint density at radius 1 is 1.90 bits per heavy atom. The number of carbonyl (C=O) groups is 1. The van der Waals surface area contributed by atoms with Crippen molar-refractivity contribution in [1.82, 2.24) is 14.8 Å². The third kappa shape index (κ3) is 0.926. The third-order valence-corrected chi connectivity index (χ3v) is 1.44. The van der Waals surface area contributed by atoms with Crippen molar-refractivity contribution < 1.29 is 9.90 Å². The van der Waals surface area contributed by atoms with Crippen molar-refractivity contribution >= 4 is 18.2 Å². The molecule has 0 amide bonds. The van der Waals surface area contributed by atoms with E-state index in [0.717, 1.165) is 0 Å². The molecule has 10 heavy (non-hydrogen) atoms. The summed E-state index contributed by atoms with van der Waals surface area (Å²) in [6.45, 7) is 0. The summed E-state index contributed by atoms with van der Waals surface area (Å²) in [5.41, 5.74) is 0. The van der Waals surface area contributed by atoms with Crippen LogP contribution >= 0.6 is 12.2 Å². The van der Waals surface area contributed by atoms with Gasteiger partial charge < -0.3 is 5.11 Å². The summed E-state index contributed by atoms with van der Waals surface area (Å²) >= 11 is 4.67. The smallest absolute Gasteiger partial charge is 0.374 e. The third-order valence-electron chi connectivity index (χ3n) is 1.07. The highest BCUT2D eigenvalue weighted by atomic mass is 32.1. The van der Waals surface area contributed by atoms with E-state index in [0.29, 0.717) is 4.77 Å². The number of aromatic nitrogens is 3. The maximum atomic E-state index is 10.3. The van der Waals surface area contributed by atoms with Crippen LogP contribution in [0.1, 0.15) is 10.6 Å². The molecule has 0 atom stereocenters. The minimum Gasteiger partial charge on any atom is -0.475 e. The molecule has 1 aromatic rings. The lowest BCUT2D eigenvalue weighted by atomic mass is 10.6. The second-order valence-corrected chi connectivity index (χ2v) is 2.10. The maximum absolute atomic E-state index is 10.3. The highest BCUT2D eigenvalue weighted by Gasteiger charge is 2.08. The standard InChI is InChI=1S/C4H5N3O2S/c1-7-2(3(8)9)5-6-4(7)10/h1H3,(H,6,10)(H,8,9). The first-order chi connectivity index (χ1) is 4.63. The predicted octanol–water partition coefficient (Wildman–Crippen LogP) is 0.176. The molecule has 0 aromatic carbocycles. The van der Waals surface area contributed by atoms with Gasteiger partial charge in [-0.2, -0.15) is 0 Å². The summed E-state index contributed by atoms with van der Waals surface area (Å²) in [4.78, 5) is 10.3. The van der Waals surface area contributed by atoms with Gasteiger partial charge in [-0.15, -0.1) is 5.10 Å². The second-order valence-electron chi connectivity index (χ2n) is 1.72. The molecule has 5 nitrogen and oxygen atoms in total. The number of nitrogens with one attached hydrogen (secondary N) is 1. The van der Waals surface area contributed by atoms with Crippen LogP contribution in [0.5, 0.6) is 0 Å². The van der Waals surface area contributed by atoms with Gasteiger partial charge in [-0.25, -0.2) is 4.79 Å². The van der Waals surface area contributed by atoms with Crippen molar-refractivity contribution in [3.63, 3.8) is 0 Å². The van der Waals surface area contributed by atoms with Crippen LogP contribution in [0.25, 0.3) is 0 Å². The molecule has 0 spiro atoms. The van der Waals surface area contributed by atoms with E-state index >= 15 is 0 Å². The summed E-state index contributed by atoms with van der Waals surface area (Å²) in [7, 11) is 1.54. The summed E-state index contributed by atoms with van der Waals surface area (Å²) in [5, 5.41) is 14.2. The predicted molar refractivity (Wildman–Crippen MR) is 35.4 cm³/mol. The van der Waals surface area contributed by atoms with Gasteiger partial charge in [-0.3, -0.25) is 9.67 Å². The van der Waals surface area contributed by atoms with E-state index in [-0.39, 0.29) is 5.82 Å². The Labute approximate surface area is 61.3 Å². The number of carboxylic acid groups (broad SMARTS) is 1. The van der Waals surface area contributed by atoms with Crippen LogP contribution in [0, 0.1) is 4.77 Å². The number of nitrogens with zero attached hydrogens (tertiary/aromatic N) is 2. The highest BCUT2D eigenvalue weighted by Crippen LogP contribution is 1.92. The minimum absolute atomic E-state index is 0.0787. The van der Waals surface area contributed by atoms with Crippen molar-refractivity contribution in [3.05, 3.63) is 10.6 Å². The number of rotatable bonds is 1. The molecule has 0 fully saturated rings. The van der Waals surface area contributed by atoms with Crippen LogP contribution in [-0.4, -0.2) is 25.8 Å². The molecule has 1 heterocycles. The van der Waals surface area contributed by atoms with Crippen LogP contribution in [-0.2, 0) is 7.05 Å². The van der Waals surface area contributed by atoms with Crippen LogP contribution in [0.3, 0.4) is 0 Å². The van der Waals surface area contributed by atoms with E-state index in [1.165, 1.54) is 11.6 Å². The summed E-state index contributed by atoms with van der Waals surface area (Å²) < 4.78 is 1.59. The zero-order valence-electron chi connectivity index (χ0n) is 5.16. The largest absolute Gasteiger partial charge is 0.475 e. The molecular formula is C4H5N3O2S. The van der Waals surface area contributed by atoms with Gasteiger partial charge in [0.1, 0.15) is 0 Å². The molecule has 0 bridgehead atoms. The van der Waals surface area contributed by atoms with Crippen molar-refractivity contribution in [2.75, 3.05) is 0 Å². The first-order valence-electron chi connectivity index (χ1n) is 2.47. The van der Waals surface area contributed by atoms with Gasteiger partial charge in [0.2, 0.25) is 5.82 Å². The molecule has 2 N–H and O–H groups in total. The fourth-order valence-electron chi connectivity index (χ4n) is 0.538. The number of hydrogen-bond donors (Lipinski definition) is 2. The Bertz CT molecular complexity index is 313. The Morgan fingerprint density at radius 3 is 2.70 bits per heavy atom. The van der Waals surface area contributed by atoms with Crippen LogP contribution < -0.4 is 0 Å². The van der Waals surface area contributed by atoms with Crippen LogP contribution in [0.2, 0.25) is 0 Å². The lowest BCUT2D eigenvalue weighted by Gasteiger charge is -1.89. The zero-order chi connectivity index (χ0) is 7.72. The van der Waals surface area contributed by atoms with Gasteiger partial charge in [0.05, 0.1) is 0 Å². The maximum Gasteiger partial charge on any atom is 0.374 e. The molecule has 0 unspecified atom stereocenters. The number of aromatic amines is 1. The Balaban J connectivity index is 3.31. The fourth-order valence-corrected chi connectivity index (χ4v) is 0.670. The number of carboxylic acids is 1. The fraction of sp³-hybridized carbons (Fsp3) is 0.250. The Morgan fingerprint density at radius 2 is 2.50 bits per heavy atom. The van der Waals surface area contributed by atoms with Crippen LogP contribution in [0.15, 0.2) is 0 Å². The molecule has 0 radical (unpaired) electrons. The molecule has 0 aliphatic heterocycles. The summed E-state index contributed by atoms with van der Waals surface area (Å²) in [6, 6.07) is 0. The van der Waals surface area contributed by atoms with Crippen molar-refractivity contribution in [2.45, 2.75) is 0 Å². The Kier molecular flexibility index (Phi) is 1.54. The Hall–Kier alpha value is -1.17. The quantitative estimate of drug-likeness (QED) is 0.573. The topological polar surface area (TPSA) is 70.9 Å². The average Bonchev–Trinajstić information content (AvgIpc) is 2.14. The second kappa shape index (κ2) is 2.22. The lowest BCUT2D eigenvalue weighted by Crippen LogP contribution is -2.05. The van der Waals surface area contributed by atoms with E-state index in [4.69, 9.17) is 5.11 Å². The van der Waals surface area contributed by atoms with Gasteiger partial charge in [-0.05, 0) is 12.2 Å². The number of aromatic carboxylic acids is 1. The van der Waals surface area contributed by atoms with E-state index in [1.54, 1.807) is 0 Å². The van der Waals surface area contributed by atoms with Gasteiger partial charge in [0.25, 0.3) is 0 Å². The molecule has 1 aromatic heterocycles. The normalized spacial score (nSPS) is 9.70. The van der Waals surface area contributed by atoms with Crippen molar-refractivity contribution in [2.24, 2.45) is 7.05 Å². The molecule has 0 saturated heterocycles. The van der Waals surface area contributed by atoms with Gasteiger partial charge in [0, 0.05) is 7.05 Å². The number of hydrogen-bond acceptors (Lipinski definition) is 3. The zero-order valence-corrected chi connectivity index (χ0v) is 5.97. The molecule has 54 valence electrons. The first kappa shape index (κ1) is 6.94. The highest BCUT2D eigenvalue weighted by molar-refractivity contribution is 7.71. The molecule has 6 heteroatoms. The van der Waals surface area contributed by atoms with E-state index < -0.39 is 5.97 Å². The molecule has 0 aliphatic rings. The monoisotopic (exact) mass is 159 g/mol. The molecule has 0 aliphatic carbocycles. The summed E-state index contributed by atoms with van der Waals surface area (Å²) in [5.74, 6) is -1.17. The van der Waals surface area contributed by atoms with E-state index in [2.05, 4.69) is 22.4 Å². The molecule has 0 saturated carbocycles. The minimum atomic E-state index is -1.09. The van der Waals surface area contributed by atoms with Gasteiger partial charge in [-0.1, -0.05) is 0 Å². The lowest BCUT2D eigenvalue weighted by molar-refractivity contribution is 0.0679. The van der Waals surface area contributed by atoms with Crippen molar-refractivity contribution in [3.8, 4) is 0 Å². The van der Waals surface area contributed by atoms with Gasteiger partial charge >= 0.3 is 5.97 Å². The summed E-state index contributed by atoms with van der Waals surface area (Å²) in [6.07, 6.45) is 0. The molecule has 1 rings (SSSR count). The van der Waals surface area contributed by atoms with Gasteiger partial charge in [0.15, 0.2) is 4.77 Å².